The minimum Gasteiger partial charge on any atom is -0.480 e. The van der Waals surface area contributed by atoms with Gasteiger partial charge in [-0.05, 0) is 53.4 Å². The number of phosphoric acid groups is 2. The summed E-state index contributed by atoms with van der Waals surface area (Å²) in [6.07, 6.45) is -18.0. The minimum absolute atomic E-state index is 0.0544. The topological polar surface area (TPSA) is 578 Å². The fraction of sp³-hybridized carbons (Fsp3) is 0.683. The lowest BCUT2D eigenvalue weighted by atomic mass is 9.96. The van der Waals surface area contributed by atoms with Crippen molar-refractivity contribution < 1.29 is 125 Å². The highest BCUT2D eigenvalue weighted by atomic mass is 31.3. The van der Waals surface area contributed by atoms with Crippen LogP contribution >= 0.6 is 15.6 Å². The first-order chi connectivity index (χ1) is 37.1. The molecule has 0 aliphatic carbocycles. The summed E-state index contributed by atoms with van der Waals surface area (Å²) in [7, 11) is -11.8. The number of carbonyl (C=O) groups is 9. The molecule has 2 aliphatic rings. The van der Waals surface area contributed by atoms with Gasteiger partial charge in [0.1, 0.15) is 85.0 Å². The van der Waals surface area contributed by atoms with Crippen LogP contribution in [0.25, 0.3) is 0 Å². The summed E-state index contributed by atoms with van der Waals surface area (Å²) in [5.74, 6) is -10.6. The summed E-state index contributed by atoms with van der Waals surface area (Å²) in [5, 5.41) is 83.3. The summed E-state index contributed by atoms with van der Waals surface area (Å²) in [6, 6.07) is -10.0. The third-order valence-corrected chi connectivity index (χ3v) is 14.3. The molecule has 2 aliphatic heterocycles. The largest absolute Gasteiger partial charge is 0.483 e. The van der Waals surface area contributed by atoms with Gasteiger partial charge in [0.05, 0.1) is 13.2 Å². The van der Waals surface area contributed by atoms with Crippen LogP contribution in [0.2, 0.25) is 0 Å². The zero-order chi connectivity index (χ0) is 60.7. The van der Waals surface area contributed by atoms with E-state index in [0.29, 0.717) is 4.57 Å². The molecule has 1 aromatic rings. The van der Waals surface area contributed by atoms with Crippen molar-refractivity contribution in [3.8, 4) is 0 Å². The highest BCUT2D eigenvalue weighted by molar-refractivity contribution is 7.61. The Morgan fingerprint density at radius 1 is 0.738 bits per heavy atom. The number of carbonyl (C=O) groups excluding carboxylic acids is 6. The highest BCUT2D eigenvalue weighted by Crippen LogP contribution is 2.61. The number of nitrogens with zero attached hydrogens (tertiary/aromatic N) is 1. The molecule has 18 atom stereocenters. The zero-order valence-electron chi connectivity index (χ0n) is 43.0. The number of aliphatic hydroxyl groups is 4. The molecule has 0 saturated carbocycles. The third-order valence-electron chi connectivity index (χ3n) is 11.7. The first-order valence-electron chi connectivity index (χ1n) is 23.9. The molecule has 37 nitrogen and oxygen atoms in total. The molecule has 0 radical (unpaired) electrons. The summed E-state index contributed by atoms with van der Waals surface area (Å²) in [5.41, 5.74) is 3.63. The van der Waals surface area contributed by atoms with E-state index in [4.69, 9.17) is 34.7 Å². The summed E-state index contributed by atoms with van der Waals surface area (Å²) < 4.78 is 57.0. The van der Waals surface area contributed by atoms with Crippen molar-refractivity contribution in [3.05, 3.63) is 33.1 Å². The maximum atomic E-state index is 13.4. The van der Waals surface area contributed by atoms with E-state index >= 15 is 0 Å². The van der Waals surface area contributed by atoms with Crippen LogP contribution in [0, 0.1) is 0 Å². The van der Waals surface area contributed by atoms with Crippen LogP contribution in [0.15, 0.2) is 21.9 Å². The van der Waals surface area contributed by atoms with Crippen LogP contribution in [0.3, 0.4) is 0 Å². The van der Waals surface area contributed by atoms with E-state index in [1.54, 1.807) is 0 Å². The van der Waals surface area contributed by atoms with Gasteiger partial charge in [-0.1, -0.05) is 0 Å². The average Bonchev–Trinajstić information content (AvgIpc) is 3.63. The van der Waals surface area contributed by atoms with Gasteiger partial charge < -0.3 is 97.4 Å². The molecular weight excluding hydrogens is 1130 g/mol. The predicted octanol–water partition coefficient (Wildman–Crippen LogP) is -7.22. The number of amides is 6. The van der Waals surface area contributed by atoms with E-state index in [1.165, 1.54) is 6.92 Å². The molecule has 6 amide bonds. The standard InChI is InChI=1S/C41H65N9O28P2/c1-15(32(58)45-17(3)37(62)63)44-35(61)21(8-6-7-20(42)38(64)65)47-25(53)10-9-22(39(66)67)48-33(59)16(2)43-34(60)18(4)74-31-27(46-19(5)52)40(76-23(13-51)29(31)56)77-80(71,72)78-79(69,70)73-14-24-28(55)30(57)36(75-24)50-12-11-26(54)49-41(50)68/h11-12,15-18,20-24,27-31,36,40,51,55-57H,6-10,13-14,42H2,1-5H3,(H,43,60)(H,44,61)(H,45,58)(H,46,52)(H,47,53)(H,48,59)(H,62,63)(H,64,65)(H,66,67)(H,69,70)(H,71,72)(H,49,54,68)/t15-,16+,17-,18-,20?,21+,22-,23-,24-,27-,28-,29-,30-,31-,36-,40+/m1/s1. The number of rotatable bonds is 31. The highest BCUT2D eigenvalue weighted by Gasteiger charge is 2.52. The fourth-order valence-electron chi connectivity index (χ4n) is 7.41. The van der Waals surface area contributed by atoms with Crippen molar-refractivity contribution in [1.29, 1.82) is 0 Å². The molecule has 3 unspecified atom stereocenters. The van der Waals surface area contributed by atoms with Gasteiger partial charge in [0.15, 0.2) is 12.5 Å². The zero-order valence-corrected chi connectivity index (χ0v) is 44.8. The van der Waals surface area contributed by atoms with Crippen molar-refractivity contribution >= 4 is 69.0 Å². The number of phosphoric ester groups is 2. The molecule has 39 heteroatoms. The van der Waals surface area contributed by atoms with Gasteiger partial charge in [0.2, 0.25) is 35.4 Å². The molecule has 18 N–H and O–H groups in total. The maximum absolute atomic E-state index is 13.4. The van der Waals surface area contributed by atoms with Gasteiger partial charge in [-0.15, -0.1) is 0 Å². The number of carboxylic acid groups (broad SMARTS) is 3. The van der Waals surface area contributed by atoms with E-state index < -0.39 is 204 Å². The van der Waals surface area contributed by atoms with Gasteiger partial charge in [0, 0.05) is 25.6 Å². The van der Waals surface area contributed by atoms with E-state index in [9.17, 15) is 97.2 Å². The molecule has 3 heterocycles. The molecule has 0 aromatic carbocycles. The van der Waals surface area contributed by atoms with Crippen molar-refractivity contribution in [2.75, 3.05) is 13.2 Å². The number of nitrogens with one attached hydrogen (secondary N) is 7. The second-order valence-electron chi connectivity index (χ2n) is 18.1. The van der Waals surface area contributed by atoms with Crippen LogP contribution in [0.1, 0.15) is 73.0 Å². The quantitative estimate of drug-likeness (QED) is 0.0307. The molecule has 1 aromatic heterocycles. The normalized spacial score (nSPS) is 26.0. The number of aromatic amines is 1. The van der Waals surface area contributed by atoms with Crippen LogP contribution in [-0.2, 0) is 79.8 Å². The summed E-state index contributed by atoms with van der Waals surface area (Å²) >= 11 is 0. The number of ether oxygens (including phenoxy) is 3. The molecule has 80 heavy (non-hydrogen) atoms. The lowest BCUT2D eigenvalue weighted by Crippen LogP contribution is -2.66. The number of nitrogens with two attached hydrogens (primary N) is 1. The number of carboxylic acids is 3. The lowest BCUT2D eigenvalue weighted by Gasteiger charge is -2.44. The SMILES string of the molecule is CC(=O)N[C@H]1[C@H](OP(=O)(O)OP(=O)(O)OC[C@H]2O[C@@H](n3ccc(=O)[nH]c3=O)[C@H](O)[C@@H]2O)O[C@H](CO)[C@@H](O)[C@@H]1O[C@H](C)C(=O)N[C@@H](C)C(=O)N[C@H](CCC(=O)N[C@@H](CCCC(N)C(=O)O)C(=O)N[C@H](C)C(=O)N[C@H](C)C(=O)O)C(=O)O. The summed E-state index contributed by atoms with van der Waals surface area (Å²) in [4.78, 5) is 159. The van der Waals surface area contributed by atoms with E-state index in [2.05, 4.69) is 40.7 Å². The number of aliphatic hydroxyl groups excluding tert-OH is 4. The van der Waals surface area contributed by atoms with Crippen molar-refractivity contribution in [1.82, 2.24) is 41.5 Å². The minimum atomic E-state index is -5.97. The van der Waals surface area contributed by atoms with Gasteiger partial charge in [0.25, 0.3) is 5.56 Å². The number of aliphatic carboxylic acids is 3. The number of hydrogen-bond donors (Lipinski definition) is 17. The van der Waals surface area contributed by atoms with E-state index in [-0.39, 0.29) is 19.3 Å². The molecular formula is C41H65N9O28P2. The van der Waals surface area contributed by atoms with Gasteiger partial charge >= 0.3 is 39.2 Å². The van der Waals surface area contributed by atoms with Crippen molar-refractivity contribution in [3.63, 3.8) is 0 Å². The van der Waals surface area contributed by atoms with Crippen molar-refractivity contribution in [2.24, 2.45) is 5.73 Å². The maximum Gasteiger partial charge on any atom is 0.483 e. The smallest absolute Gasteiger partial charge is 0.480 e. The van der Waals surface area contributed by atoms with Gasteiger partial charge in [-0.25, -0.2) is 18.7 Å². The Labute approximate surface area is 451 Å². The second kappa shape index (κ2) is 30.1. The monoisotopic (exact) mass is 1190 g/mol. The van der Waals surface area contributed by atoms with Crippen LogP contribution in [0.5, 0.6) is 0 Å². The Bertz CT molecular complexity index is 2630. The third kappa shape index (κ3) is 20.4. The van der Waals surface area contributed by atoms with Crippen LogP contribution in [0.4, 0.5) is 0 Å². The summed E-state index contributed by atoms with van der Waals surface area (Å²) in [6.45, 7) is 3.08. The predicted molar refractivity (Wildman–Crippen MR) is 259 cm³/mol. The second-order valence-corrected chi connectivity index (χ2v) is 21.1. The first kappa shape index (κ1) is 68.1. The Balaban J connectivity index is 1.66. The molecule has 0 spiro atoms. The Hall–Kier alpha value is -6.15. The number of aromatic nitrogens is 2. The molecule has 0 bridgehead atoms. The fourth-order valence-corrected chi connectivity index (χ4v) is 9.57. The van der Waals surface area contributed by atoms with Crippen LogP contribution in [-0.4, -0.2) is 213 Å². The van der Waals surface area contributed by atoms with Crippen LogP contribution < -0.4 is 48.9 Å². The molecule has 2 fully saturated rings. The van der Waals surface area contributed by atoms with Gasteiger partial charge in [-0.3, -0.25) is 61.7 Å². The first-order valence-corrected chi connectivity index (χ1v) is 26.9. The Morgan fingerprint density at radius 3 is 1.90 bits per heavy atom. The van der Waals surface area contributed by atoms with Crippen molar-refractivity contribution in [2.45, 2.75) is 164 Å². The molecule has 452 valence electrons. The van der Waals surface area contributed by atoms with E-state index in [0.717, 1.165) is 40.0 Å². The lowest BCUT2D eigenvalue weighted by molar-refractivity contribution is -0.261. The number of hydrogen-bond acceptors (Lipinski definition) is 24. The van der Waals surface area contributed by atoms with E-state index in [1.807, 2.05) is 4.98 Å². The molecule has 3 rings (SSSR count). The Kier molecular flexibility index (Phi) is 25.6. The van der Waals surface area contributed by atoms with Gasteiger partial charge in [-0.2, -0.15) is 4.31 Å². The Morgan fingerprint density at radius 2 is 1.34 bits per heavy atom. The molecule has 2 saturated heterocycles. The average molecular weight is 1190 g/mol. The number of H-pyrrole nitrogens is 1.